The summed E-state index contributed by atoms with van der Waals surface area (Å²) in [5.41, 5.74) is 6.46. The van der Waals surface area contributed by atoms with Gasteiger partial charge in [0.25, 0.3) is 0 Å². The zero-order chi connectivity index (χ0) is 12.0. The van der Waals surface area contributed by atoms with Crippen molar-refractivity contribution in [3.8, 4) is 11.5 Å². The van der Waals surface area contributed by atoms with Crippen molar-refractivity contribution >= 4 is 27.2 Å². The highest BCUT2D eigenvalue weighted by molar-refractivity contribution is 6.07. The van der Waals surface area contributed by atoms with Crippen LogP contribution in [0, 0.1) is 0 Å². The van der Waals surface area contributed by atoms with Crippen LogP contribution in [0.15, 0.2) is 42.5 Å². The van der Waals surface area contributed by atoms with Gasteiger partial charge < -0.3 is 15.9 Å². The molecular formula is C14H11NO2. The Hall–Kier alpha value is -2.42. The molecule has 0 aliphatic rings. The highest BCUT2D eigenvalue weighted by Crippen LogP contribution is 2.35. The Morgan fingerprint density at radius 1 is 0.765 bits per heavy atom. The van der Waals surface area contributed by atoms with E-state index in [0.717, 1.165) is 16.2 Å². The number of hydrogen-bond donors (Lipinski definition) is 3. The van der Waals surface area contributed by atoms with Gasteiger partial charge >= 0.3 is 0 Å². The van der Waals surface area contributed by atoms with Gasteiger partial charge in [0.2, 0.25) is 0 Å². The maximum Gasteiger partial charge on any atom is 0.123 e. The van der Waals surface area contributed by atoms with Crippen LogP contribution in [0.3, 0.4) is 0 Å². The monoisotopic (exact) mass is 225 g/mol. The van der Waals surface area contributed by atoms with Gasteiger partial charge in [-0.2, -0.15) is 0 Å². The molecule has 0 unspecified atom stereocenters. The summed E-state index contributed by atoms with van der Waals surface area (Å²) in [4.78, 5) is 0. The molecule has 0 atom stereocenters. The molecule has 0 bridgehead atoms. The van der Waals surface area contributed by atoms with Gasteiger partial charge in [-0.05, 0) is 35.7 Å². The van der Waals surface area contributed by atoms with Crippen LogP contribution in [-0.4, -0.2) is 10.2 Å². The Morgan fingerprint density at radius 2 is 1.53 bits per heavy atom. The fourth-order valence-corrected chi connectivity index (χ4v) is 2.11. The Balaban J connectivity index is 2.57. The zero-order valence-corrected chi connectivity index (χ0v) is 9.01. The Kier molecular flexibility index (Phi) is 1.89. The van der Waals surface area contributed by atoms with Gasteiger partial charge in [-0.1, -0.05) is 12.1 Å². The van der Waals surface area contributed by atoms with Gasteiger partial charge in [-0.25, -0.2) is 0 Å². The van der Waals surface area contributed by atoms with Crippen LogP contribution in [0.25, 0.3) is 21.5 Å². The van der Waals surface area contributed by atoms with Crippen molar-refractivity contribution in [2.75, 3.05) is 5.73 Å². The fraction of sp³-hybridized carbons (Fsp3) is 0. The third-order valence-electron chi connectivity index (χ3n) is 3.00. The Bertz CT molecular complexity index is 735. The smallest absolute Gasteiger partial charge is 0.123 e. The minimum absolute atomic E-state index is 0.194. The molecule has 0 aliphatic carbocycles. The van der Waals surface area contributed by atoms with E-state index in [1.54, 1.807) is 30.3 Å². The van der Waals surface area contributed by atoms with E-state index >= 15 is 0 Å². The molecule has 0 saturated carbocycles. The predicted octanol–water partition coefficient (Wildman–Crippen LogP) is 2.99. The van der Waals surface area contributed by atoms with Gasteiger partial charge in [0, 0.05) is 21.8 Å². The number of benzene rings is 3. The molecule has 0 aromatic heterocycles. The molecule has 17 heavy (non-hydrogen) atoms. The van der Waals surface area contributed by atoms with Crippen molar-refractivity contribution in [3.63, 3.8) is 0 Å². The summed E-state index contributed by atoms with van der Waals surface area (Å²) in [5, 5.41) is 22.6. The maximum absolute atomic E-state index is 9.81. The summed E-state index contributed by atoms with van der Waals surface area (Å²) in [7, 11) is 0. The van der Waals surface area contributed by atoms with Gasteiger partial charge in [0.15, 0.2) is 0 Å². The SMILES string of the molecule is Nc1ccc(O)c2cc3cccc(O)c3cc12. The van der Waals surface area contributed by atoms with E-state index in [2.05, 4.69) is 0 Å². The summed E-state index contributed by atoms with van der Waals surface area (Å²) in [5.74, 6) is 0.409. The molecule has 0 fully saturated rings. The molecule has 3 aromatic carbocycles. The first-order valence-corrected chi connectivity index (χ1v) is 5.30. The van der Waals surface area contributed by atoms with Crippen LogP contribution in [0.2, 0.25) is 0 Å². The first kappa shape index (κ1) is 9.78. The first-order chi connectivity index (χ1) is 8.16. The molecular weight excluding hydrogens is 214 g/mol. The summed E-state index contributed by atoms with van der Waals surface area (Å²) in [6, 6.07) is 12.2. The van der Waals surface area contributed by atoms with Crippen LogP contribution in [0.4, 0.5) is 5.69 Å². The van der Waals surface area contributed by atoms with Crippen molar-refractivity contribution in [2.24, 2.45) is 0 Å². The van der Waals surface area contributed by atoms with Crippen molar-refractivity contribution in [1.29, 1.82) is 0 Å². The Morgan fingerprint density at radius 3 is 2.35 bits per heavy atom. The standard InChI is InChI=1S/C14H11NO2/c15-12-4-5-14(17)11-6-8-2-1-3-13(16)9(8)7-10(11)12/h1-7,16-17H,15H2. The lowest BCUT2D eigenvalue weighted by atomic mass is 10.0. The number of hydrogen-bond acceptors (Lipinski definition) is 3. The number of nitrogens with two attached hydrogens (primary N) is 1. The van der Waals surface area contributed by atoms with Crippen LogP contribution < -0.4 is 5.73 Å². The first-order valence-electron chi connectivity index (χ1n) is 5.30. The minimum atomic E-state index is 0.194. The number of phenolic OH excluding ortho intramolecular Hbond substituents is 2. The maximum atomic E-state index is 9.81. The number of aromatic hydroxyl groups is 2. The second-order valence-corrected chi connectivity index (χ2v) is 4.07. The topological polar surface area (TPSA) is 66.5 Å². The molecule has 0 aliphatic heterocycles. The molecule has 3 nitrogen and oxygen atoms in total. The second kappa shape index (κ2) is 3.28. The van der Waals surface area contributed by atoms with E-state index in [1.807, 2.05) is 12.1 Å². The predicted molar refractivity (Wildman–Crippen MR) is 69.2 cm³/mol. The van der Waals surface area contributed by atoms with E-state index in [4.69, 9.17) is 5.73 Å². The van der Waals surface area contributed by atoms with E-state index < -0.39 is 0 Å². The van der Waals surface area contributed by atoms with E-state index in [1.165, 1.54) is 0 Å². The van der Waals surface area contributed by atoms with Crippen LogP contribution in [0.1, 0.15) is 0 Å². The second-order valence-electron chi connectivity index (χ2n) is 4.07. The number of phenols is 2. The lowest BCUT2D eigenvalue weighted by Crippen LogP contribution is -1.87. The molecule has 0 amide bonds. The summed E-state index contributed by atoms with van der Waals surface area (Å²) >= 11 is 0. The van der Waals surface area contributed by atoms with Crippen molar-refractivity contribution < 1.29 is 10.2 Å². The van der Waals surface area contributed by atoms with Gasteiger partial charge in [0.05, 0.1) is 0 Å². The van der Waals surface area contributed by atoms with Gasteiger partial charge in [-0.3, -0.25) is 0 Å². The molecule has 4 N–H and O–H groups in total. The third kappa shape index (κ3) is 1.36. The molecule has 3 rings (SSSR count). The highest BCUT2D eigenvalue weighted by Gasteiger charge is 2.07. The van der Waals surface area contributed by atoms with E-state index in [9.17, 15) is 10.2 Å². The van der Waals surface area contributed by atoms with E-state index in [0.29, 0.717) is 11.1 Å². The van der Waals surface area contributed by atoms with Crippen molar-refractivity contribution in [2.45, 2.75) is 0 Å². The molecule has 84 valence electrons. The number of rotatable bonds is 0. The van der Waals surface area contributed by atoms with Crippen LogP contribution >= 0.6 is 0 Å². The average molecular weight is 225 g/mol. The summed E-state index contributed by atoms with van der Waals surface area (Å²) in [6.45, 7) is 0. The highest BCUT2D eigenvalue weighted by atomic mass is 16.3. The van der Waals surface area contributed by atoms with Gasteiger partial charge in [-0.15, -0.1) is 0 Å². The molecule has 3 heteroatoms. The molecule has 0 saturated heterocycles. The normalized spacial score (nSPS) is 11.1. The fourth-order valence-electron chi connectivity index (χ4n) is 2.11. The van der Waals surface area contributed by atoms with Crippen LogP contribution in [0.5, 0.6) is 11.5 Å². The minimum Gasteiger partial charge on any atom is -0.507 e. The average Bonchev–Trinajstić information content (AvgIpc) is 2.33. The van der Waals surface area contributed by atoms with Gasteiger partial charge in [0.1, 0.15) is 11.5 Å². The Labute approximate surface area is 97.7 Å². The van der Waals surface area contributed by atoms with E-state index in [-0.39, 0.29) is 11.5 Å². The molecule has 0 radical (unpaired) electrons. The van der Waals surface area contributed by atoms with Crippen LogP contribution in [-0.2, 0) is 0 Å². The third-order valence-corrected chi connectivity index (χ3v) is 3.00. The molecule has 3 aromatic rings. The largest absolute Gasteiger partial charge is 0.507 e. The number of nitrogen functional groups attached to an aromatic ring is 1. The van der Waals surface area contributed by atoms with Crippen molar-refractivity contribution in [1.82, 2.24) is 0 Å². The zero-order valence-electron chi connectivity index (χ0n) is 9.01. The quantitative estimate of drug-likeness (QED) is 0.313. The molecule has 0 heterocycles. The summed E-state index contributed by atoms with van der Waals surface area (Å²) < 4.78 is 0. The molecule has 0 spiro atoms. The number of fused-ring (bicyclic) bond motifs is 2. The number of anilines is 1. The lowest BCUT2D eigenvalue weighted by molar-refractivity contribution is 0.480. The van der Waals surface area contributed by atoms with Crippen molar-refractivity contribution in [3.05, 3.63) is 42.5 Å². The lowest BCUT2D eigenvalue weighted by Gasteiger charge is -2.07. The summed E-state index contributed by atoms with van der Waals surface area (Å²) in [6.07, 6.45) is 0.